The Hall–Kier alpha value is -0.120. The molecule has 0 bridgehead atoms. The lowest BCUT2D eigenvalue weighted by atomic mass is 9.79. The van der Waals surface area contributed by atoms with Gasteiger partial charge in [0.05, 0.1) is 6.10 Å². The van der Waals surface area contributed by atoms with Gasteiger partial charge in [-0.15, -0.1) is 0 Å². The van der Waals surface area contributed by atoms with Gasteiger partial charge in [0.1, 0.15) is 0 Å². The Morgan fingerprint density at radius 2 is 1.89 bits per heavy atom. The van der Waals surface area contributed by atoms with Crippen LogP contribution in [-0.4, -0.2) is 44.3 Å². The maximum atomic E-state index is 6.13. The second-order valence-electron chi connectivity index (χ2n) is 6.35. The molecule has 106 valence electrons. The van der Waals surface area contributed by atoms with Crippen LogP contribution in [0.3, 0.4) is 0 Å². The Morgan fingerprint density at radius 1 is 1.17 bits per heavy atom. The fraction of sp³-hybridized carbons (Fsp3) is 1.00. The molecule has 1 heterocycles. The van der Waals surface area contributed by atoms with E-state index in [1.54, 1.807) is 0 Å². The van der Waals surface area contributed by atoms with E-state index in [0.717, 1.165) is 13.1 Å². The summed E-state index contributed by atoms with van der Waals surface area (Å²) in [6.45, 7) is 4.41. The van der Waals surface area contributed by atoms with E-state index in [0.29, 0.717) is 11.5 Å². The molecule has 0 radical (unpaired) electrons. The molecule has 1 saturated carbocycles. The first-order chi connectivity index (χ1) is 8.78. The van der Waals surface area contributed by atoms with Crippen LogP contribution in [-0.2, 0) is 4.74 Å². The van der Waals surface area contributed by atoms with Gasteiger partial charge < -0.3 is 15.4 Å². The summed E-state index contributed by atoms with van der Waals surface area (Å²) >= 11 is 0. The van der Waals surface area contributed by atoms with Crippen LogP contribution < -0.4 is 5.73 Å². The van der Waals surface area contributed by atoms with Crippen LogP contribution in [0.1, 0.15) is 51.4 Å². The van der Waals surface area contributed by atoms with E-state index in [1.165, 1.54) is 64.5 Å². The molecule has 1 atom stereocenters. The van der Waals surface area contributed by atoms with E-state index >= 15 is 0 Å². The molecule has 1 aliphatic carbocycles. The normalized spacial score (nSPS) is 30.0. The van der Waals surface area contributed by atoms with Crippen LogP contribution in [0.25, 0.3) is 0 Å². The molecule has 1 aliphatic heterocycles. The zero-order chi connectivity index (χ0) is 12.8. The molecule has 0 amide bonds. The monoisotopic (exact) mass is 254 g/mol. The van der Waals surface area contributed by atoms with Gasteiger partial charge in [0.25, 0.3) is 0 Å². The van der Waals surface area contributed by atoms with Gasteiger partial charge in [-0.2, -0.15) is 0 Å². The average molecular weight is 254 g/mol. The van der Waals surface area contributed by atoms with Gasteiger partial charge in [-0.1, -0.05) is 25.7 Å². The fourth-order valence-electron chi connectivity index (χ4n) is 3.73. The lowest BCUT2D eigenvalue weighted by Crippen LogP contribution is -2.47. The number of nitrogens with zero attached hydrogens (tertiary/aromatic N) is 1. The number of ether oxygens (including phenoxy) is 1. The summed E-state index contributed by atoms with van der Waals surface area (Å²) in [6.07, 6.45) is 11.2. The number of rotatable bonds is 4. The highest BCUT2D eigenvalue weighted by molar-refractivity contribution is 4.87. The average Bonchev–Trinajstić information content (AvgIpc) is 2.65. The minimum Gasteiger partial charge on any atom is -0.380 e. The Labute approximate surface area is 112 Å². The van der Waals surface area contributed by atoms with Gasteiger partial charge >= 0.3 is 0 Å². The molecule has 18 heavy (non-hydrogen) atoms. The van der Waals surface area contributed by atoms with E-state index in [1.807, 2.05) is 7.11 Å². The van der Waals surface area contributed by atoms with Gasteiger partial charge in [-0.3, -0.25) is 0 Å². The van der Waals surface area contributed by atoms with E-state index in [-0.39, 0.29) is 0 Å². The predicted octanol–water partition coefficient (Wildman–Crippen LogP) is 2.40. The maximum absolute atomic E-state index is 6.13. The second-order valence-corrected chi connectivity index (χ2v) is 6.35. The Kier molecular flexibility index (Phi) is 5.46. The third-order valence-corrected chi connectivity index (χ3v) is 4.95. The highest BCUT2D eigenvalue weighted by atomic mass is 16.5. The van der Waals surface area contributed by atoms with E-state index in [2.05, 4.69) is 4.90 Å². The summed E-state index contributed by atoms with van der Waals surface area (Å²) in [5.74, 6) is 0. The number of hydrogen-bond donors (Lipinski definition) is 1. The van der Waals surface area contributed by atoms with Gasteiger partial charge in [0.15, 0.2) is 0 Å². The molecule has 0 spiro atoms. The van der Waals surface area contributed by atoms with Crippen molar-refractivity contribution < 1.29 is 4.74 Å². The maximum Gasteiger partial charge on any atom is 0.0698 e. The van der Waals surface area contributed by atoms with Crippen molar-refractivity contribution >= 4 is 0 Å². The van der Waals surface area contributed by atoms with Crippen molar-refractivity contribution in [3.8, 4) is 0 Å². The highest BCUT2D eigenvalue weighted by Crippen LogP contribution is 2.35. The van der Waals surface area contributed by atoms with Crippen molar-refractivity contribution in [3.63, 3.8) is 0 Å². The lowest BCUT2D eigenvalue weighted by molar-refractivity contribution is 0.0123. The van der Waals surface area contributed by atoms with Crippen molar-refractivity contribution in [1.29, 1.82) is 0 Å². The molecule has 0 aromatic heterocycles. The third-order valence-electron chi connectivity index (χ3n) is 4.95. The number of piperidine rings is 1. The molecule has 2 fully saturated rings. The minimum absolute atomic E-state index is 0.395. The van der Waals surface area contributed by atoms with E-state index in [9.17, 15) is 0 Å². The Bertz CT molecular complexity index is 237. The number of hydrogen-bond acceptors (Lipinski definition) is 3. The van der Waals surface area contributed by atoms with Crippen LogP contribution >= 0.6 is 0 Å². The zero-order valence-corrected chi connectivity index (χ0v) is 12.0. The first kappa shape index (κ1) is 14.3. The van der Waals surface area contributed by atoms with Crippen LogP contribution in [0.5, 0.6) is 0 Å². The first-order valence-corrected chi connectivity index (χ1v) is 7.73. The van der Waals surface area contributed by atoms with Crippen molar-refractivity contribution in [1.82, 2.24) is 4.90 Å². The predicted molar refractivity (Wildman–Crippen MR) is 75.7 cm³/mol. The van der Waals surface area contributed by atoms with Gasteiger partial charge in [-0.05, 0) is 44.2 Å². The summed E-state index contributed by atoms with van der Waals surface area (Å²) in [5, 5.41) is 0. The van der Waals surface area contributed by atoms with Gasteiger partial charge in [0, 0.05) is 20.2 Å². The summed E-state index contributed by atoms with van der Waals surface area (Å²) in [5.41, 5.74) is 6.53. The van der Waals surface area contributed by atoms with E-state index in [4.69, 9.17) is 10.5 Å². The van der Waals surface area contributed by atoms with Crippen LogP contribution in [0, 0.1) is 5.41 Å². The number of methoxy groups -OCH3 is 1. The van der Waals surface area contributed by atoms with Gasteiger partial charge in [0.2, 0.25) is 0 Å². The summed E-state index contributed by atoms with van der Waals surface area (Å²) < 4.78 is 5.53. The molecular weight excluding hydrogens is 224 g/mol. The van der Waals surface area contributed by atoms with Crippen molar-refractivity contribution in [2.45, 2.75) is 57.5 Å². The van der Waals surface area contributed by atoms with Crippen LogP contribution in [0.15, 0.2) is 0 Å². The SMILES string of the molecule is COC1CCCN(CC2(CN)CCCCCC2)C1. The van der Waals surface area contributed by atoms with Crippen molar-refractivity contribution in [2.75, 3.05) is 33.3 Å². The first-order valence-electron chi connectivity index (χ1n) is 7.73. The summed E-state index contributed by atoms with van der Waals surface area (Å²) in [6, 6.07) is 0. The lowest BCUT2D eigenvalue weighted by Gasteiger charge is -2.40. The molecule has 0 aromatic rings. The number of likely N-dealkylation sites (tertiary alicyclic amines) is 1. The van der Waals surface area contributed by atoms with Crippen molar-refractivity contribution in [3.05, 3.63) is 0 Å². The quantitative estimate of drug-likeness (QED) is 0.783. The topological polar surface area (TPSA) is 38.5 Å². The molecular formula is C15H30N2O. The van der Waals surface area contributed by atoms with Gasteiger partial charge in [-0.25, -0.2) is 0 Å². The Morgan fingerprint density at radius 3 is 2.50 bits per heavy atom. The summed E-state index contributed by atoms with van der Waals surface area (Å²) in [7, 11) is 1.85. The molecule has 3 heteroatoms. The smallest absolute Gasteiger partial charge is 0.0698 e. The zero-order valence-electron chi connectivity index (χ0n) is 12.0. The van der Waals surface area contributed by atoms with Crippen LogP contribution in [0.4, 0.5) is 0 Å². The minimum atomic E-state index is 0.395. The Balaban J connectivity index is 1.91. The van der Waals surface area contributed by atoms with E-state index < -0.39 is 0 Å². The number of nitrogens with two attached hydrogens (primary N) is 1. The highest BCUT2D eigenvalue weighted by Gasteiger charge is 2.33. The third kappa shape index (κ3) is 3.69. The standard InChI is InChI=1S/C15H30N2O/c1-18-14-7-6-10-17(11-14)13-15(12-16)8-4-2-3-5-9-15/h14H,2-13,16H2,1H3. The molecule has 2 N–H and O–H groups in total. The molecule has 1 saturated heterocycles. The van der Waals surface area contributed by atoms with Crippen molar-refractivity contribution in [2.24, 2.45) is 11.1 Å². The molecule has 2 rings (SSSR count). The van der Waals surface area contributed by atoms with Crippen LogP contribution in [0.2, 0.25) is 0 Å². The summed E-state index contributed by atoms with van der Waals surface area (Å²) in [4.78, 5) is 2.61. The molecule has 2 aliphatic rings. The largest absolute Gasteiger partial charge is 0.380 e. The fourth-order valence-corrected chi connectivity index (χ4v) is 3.73. The molecule has 1 unspecified atom stereocenters. The molecule has 0 aromatic carbocycles. The second kappa shape index (κ2) is 6.88. The molecule has 3 nitrogen and oxygen atoms in total.